The van der Waals surface area contributed by atoms with Crippen molar-refractivity contribution in [3.8, 4) is 5.75 Å². The van der Waals surface area contributed by atoms with Crippen LogP contribution in [-0.2, 0) is 7.05 Å². The van der Waals surface area contributed by atoms with Crippen molar-refractivity contribution in [1.29, 1.82) is 0 Å². The third-order valence-electron chi connectivity index (χ3n) is 4.41. The third kappa shape index (κ3) is 3.28. The average Bonchev–Trinajstić information content (AvgIpc) is 2.66. The van der Waals surface area contributed by atoms with E-state index in [1.54, 1.807) is 12.0 Å². The maximum atomic E-state index is 12.6. The monoisotopic (exact) mass is 344 g/mol. The van der Waals surface area contributed by atoms with Crippen LogP contribution in [0.5, 0.6) is 5.75 Å². The lowest BCUT2D eigenvalue weighted by Crippen LogP contribution is -2.50. The molecule has 132 valence electrons. The second-order valence-corrected chi connectivity index (χ2v) is 5.85. The third-order valence-corrected chi connectivity index (χ3v) is 4.41. The minimum atomic E-state index is -0.577. The number of ether oxygens (including phenoxy) is 1. The molecule has 1 N–H and O–H groups in total. The van der Waals surface area contributed by atoms with Gasteiger partial charge in [0.05, 0.1) is 7.11 Å². The highest BCUT2D eigenvalue weighted by molar-refractivity contribution is 5.93. The summed E-state index contributed by atoms with van der Waals surface area (Å²) in [4.78, 5) is 42.3. The number of nitrogens with one attached hydrogen (secondary N) is 1. The summed E-state index contributed by atoms with van der Waals surface area (Å²) >= 11 is 0. The minimum Gasteiger partial charge on any atom is -0.497 e. The number of amides is 1. The van der Waals surface area contributed by atoms with Gasteiger partial charge in [0, 0.05) is 45.1 Å². The first kappa shape index (κ1) is 16.8. The smallest absolute Gasteiger partial charge is 0.328 e. The fourth-order valence-electron chi connectivity index (χ4n) is 2.85. The molecule has 0 atom stereocenters. The Morgan fingerprint density at radius 2 is 1.72 bits per heavy atom. The summed E-state index contributed by atoms with van der Waals surface area (Å²) in [7, 11) is 2.97. The molecule has 2 aromatic rings. The number of hydrogen-bond donors (Lipinski definition) is 1. The number of anilines is 1. The lowest BCUT2D eigenvalue weighted by molar-refractivity contribution is 0.0743. The number of aromatic nitrogens is 2. The molecule has 1 aliphatic rings. The Labute approximate surface area is 144 Å². The Balaban J connectivity index is 1.69. The van der Waals surface area contributed by atoms with Gasteiger partial charge in [-0.1, -0.05) is 0 Å². The molecule has 0 unspecified atom stereocenters. The molecule has 8 nitrogen and oxygen atoms in total. The molecule has 1 aliphatic heterocycles. The maximum absolute atomic E-state index is 12.6. The summed E-state index contributed by atoms with van der Waals surface area (Å²) in [6.45, 7) is 2.35. The highest BCUT2D eigenvalue weighted by atomic mass is 16.5. The van der Waals surface area contributed by atoms with E-state index < -0.39 is 11.2 Å². The molecule has 0 aliphatic carbocycles. The molecule has 0 spiro atoms. The molecule has 0 radical (unpaired) electrons. The number of H-pyrrole nitrogens is 1. The number of benzene rings is 1. The number of aromatic amines is 1. The van der Waals surface area contributed by atoms with Crippen molar-refractivity contribution in [2.24, 2.45) is 7.05 Å². The van der Waals surface area contributed by atoms with Crippen LogP contribution in [0.15, 0.2) is 40.1 Å². The standard InChI is InChI=1S/C17H20N4O4/c1-19-15(22)14(11-18-17(19)24)16(23)21-9-7-20(8-10-21)12-3-5-13(25-2)6-4-12/h3-6,11H,7-10H2,1-2H3,(H,18,24). The molecule has 0 saturated carbocycles. The highest BCUT2D eigenvalue weighted by Crippen LogP contribution is 2.20. The van der Waals surface area contributed by atoms with Gasteiger partial charge in [0.2, 0.25) is 0 Å². The summed E-state index contributed by atoms with van der Waals surface area (Å²) in [6.07, 6.45) is 1.20. The van der Waals surface area contributed by atoms with E-state index in [2.05, 4.69) is 9.88 Å². The molecule has 2 heterocycles. The molecule has 1 amide bonds. The van der Waals surface area contributed by atoms with Crippen LogP contribution >= 0.6 is 0 Å². The predicted molar refractivity (Wildman–Crippen MR) is 93.4 cm³/mol. The number of rotatable bonds is 3. The van der Waals surface area contributed by atoms with Crippen molar-refractivity contribution in [2.45, 2.75) is 0 Å². The molecule has 1 fully saturated rings. The fraction of sp³-hybridized carbons (Fsp3) is 0.353. The molecule has 8 heteroatoms. The summed E-state index contributed by atoms with van der Waals surface area (Å²) < 4.78 is 6.06. The topological polar surface area (TPSA) is 87.6 Å². The van der Waals surface area contributed by atoms with Crippen LogP contribution in [0.1, 0.15) is 10.4 Å². The number of hydrogen-bond acceptors (Lipinski definition) is 5. The maximum Gasteiger partial charge on any atom is 0.328 e. The molecule has 3 rings (SSSR count). The van der Waals surface area contributed by atoms with Crippen molar-refractivity contribution in [1.82, 2.24) is 14.5 Å². The van der Waals surface area contributed by atoms with Gasteiger partial charge in [-0.05, 0) is 24.3 Å². The van der Waals surface area contributed by atoms with Crippen molar-refractivity contribution in [2.75, 3.05) is 38.2 Å². The van der Waals surface area contributed by atoms with E-state index in [0.29, 0.717) is 26.2 Å². The van der Waals surface area contributed by atoms with Crippen molar-refractivity contribution < 1.29 is 9.53 Å². The van der Waals surface area contributed by atoms with Crippen LogP contribution < -0.4 is 20.9 Å². The number of nitrogens with zero attached hydrogens (tertiary/aromatic N) is 3. The summed E-state index contributed by atoms with van der Waals surface area (Å²) in [5.74, 6) is 0.442. The molecule has 25 heavy (non-hydrogen) atoms. The fourth-order valence-corrected chi connectivity index (χ4v) is 2.85. The van der Waals surface area contributed by atoms with Gasteiger partial charge < -0.3 is 19.5 Å². The number of methoxy groups -OCH3 is 1. The Hall–Kier alpha value is -3.03. The summed E-state index contributed by atoms with van der Waals surface area (Å²) in [5.41, 5.74) is -0.0648. The van der Waals surface area contributed by atoms with Crippen LogP contribution in [0.2, 0.25) is 0 Å². The van der Waals surface area contributed by atoms with E-state index in [4.69, 9.17) is 4.74 Å². The van der Waals surface area contributed by atoms with E-state index in [-0.39, 0.29) is 11.5 Å². The second kappa shape index (κ2) is 6.84. The van der Waals surface area contributed by atoms with Gasteiger partial charge >= 0.3 is 5.69 Å². The molecule has 1 aromatic carbocycles. The van der Waals surface area contributed by atoms with E-state index in [1.807, 2.05) is 24.3 Å². The first-order valence-electron chi connectivity index (χ1n) is 7.98. The van der Waals surface area contributed by atoms with E-state index >= 15 is 0 Å². The van der Waals surface area contributed by atoms with Crippen LogP contribution in [0.3, 0.4) is 0 Å². The molecular weight excluding hydrogens is 324 g/mol. The largest absolute Gasteiger partial charge is 0.497 e. The average molecular weight is 344 g/mol. The Morgan fingerprint density at radius 3 is 2.32 bits per heavy atom. The second-order valence-electron chi connectivity index (χ2n) is 5.85. The Morgan fingerprint density at radius 1 is 1.08 bits per heavy atom. The minimum absolute atomic E-state index is 0.0139. The first-order chi connectivity index (χ1) is 12.0. The van der Waals surface area contributed by atoms with Crippen molar-refractivity contribution in [3.05, 3.63) is 56.9 Å². The molecular formula is C17H20N4O4. The van der Waals surface area contributed by atoms with Gasteiger partial charge in [0.25, 0.3) is 11.5 Å². The lowest BCUT2D eigenvalue weighted by Gasteiger charge is -2.36. The number of piperazine rings is 1. The zero-order valence-electron chi connectivity index (χ0n) is 14.2. The zero-order valence-corrected chi connectivity index (χ0v) is 14.2. The van der Waals surface area contributed by atoms with Crippen LogP contribution in [0, 0.1) is 0 Å². The van der Waals surface area contributed by atoms with Crippen LogP contribution in [-0.4, -0.2) is 53.6 Å². The van der Waals surface area contributed by atoms with E-state index in [9.17, 15) is 14.4 Å². The van der Waals surface area contributed by atoms with Crippen molar-refractivity contribution >= 4 is 11.6 Å². The SMILES string of the molecule is COc1ccc(N2CCN(C(=O)c3c[nH]c(=O)n(C)c3=O)CC2)cc1. The van der Waals surface area contributed by atoms with Gasteiger partial charge in [-0.25, -0.2) is 4.79 Å². The number of carbonyl (C=O) groups is 1. The summed E-state index contributed by atoms with van der Waals surface area (Å²) in [6, 6.07) is 7.76. The lowest BCUT2D eigenvalue weighted by atomic mass is 10.2. The molecule has 1 aromatic heterocycles. The van der Waals surface area contributed by atoms with E-state index in [1.165, 1.54) is 13.2 Å². The van der Waals surface area contributed by atoms with Gasteiger partial charge in [0.1, 0.15) is 11.3 Å². The summed E-state index contributed by atoms with van der Waals surface area (Å²) in [5, 5.41) is 0. The highest BCUT2D eigenvalue weighted by Gasteiger charge is 2.24. The van der Waals surface area contributed by atoms with E-state index in [0.717, 1.165) is 16.0 Å². The molecule has 0 bridgehead atoms. The Kier molecular flexibility index (Phi) is 4.60. The quantitative estimate of drug-likeness (QED) is 0.850. The van der Waals surface area contributed by atoms with Gasteiger partial charge in [-0.2, -0.15) is 0 Å². The van der Waals surface area contributed by atoms with Crippen LogP contribution in [0.4, 0.5) is 5.69 Å². The molecule has 1 saturated heterocycles. The van der Waals surface area contributed by atoms with Crippen LogP contribution in [0.25, 0.3) is 0 Å². The van der Waals surface area contributed by atoms with Gasteiger partial charge in [0.15, 0.2) is 0 Å². The predicted octanol–water partition coefficient (Wildman–Crippen LogP) is 0.0446. The van der Waals surface area contributed by atoms with Crippen molar-refractivity contribution in [3.63, 3.8) is 0 Å². The van der Waals surface area contributed by atoms with Gasteiger partial charge in [-0.3, -0.25) is 14.2 Å². The first-order valence-corrected chi connectivity index (χ1v) is 7.98. The zero-order chi connectivity index (χ0) is 18.0. The normalized spacial score (nSPS) is 14.5. The number of carbonyl (C=O) groups excluding carboxylic acids is 1. The Bertz CT molecular complexity index is 877. The van der Waals surface area contributed by atoms with Gasteiger partial charge in [-0.15, -0.1) is 0 Å².